The zero-order chi connectivity index (χ0) is 19.4. The van der Waals surface area contributed by atoms with Crippen molar-refractivity contribution in [2.75, 3.05) is 13.7 Å². The zero-order valence-corrected chi connectivity index (χ0v) is 16.7. The largest absolute Gasteiger partial charge is 0.457 e. The SMILES string of the molecule is CCC(=O)O[C@H]1COC2C3C(O)CC4C[C@@H](O)CC[C@]4(C)C3CC[C@@]21OC. The van der Waals surface area contributed by atoms with Crippen molar-refractivity contribution in [3.63, 3.8) is 0 Å². The first-order valence-electron chi connectivity index (χ1n) is 10.6. The molecule has 5 unspecified atom stereocenters. The average molecular weight is 382 g/mol. The number of esters is 1. The number of carbonyl (C=O) groups is 1. The van der Waals surface area contributed by atoms with Crippen LogP contribution < -0.4 is 0 Å². The molecular weight excluding hydrogens is 348 g/mol. The van der Waals surface area contributed by atoms with E-state index in [1.807, 2.05) is 0 Å². The summed E-state index contributed by atoms with van der Waals surface area (Å²) in [5.41, 5.74) is -0.547. The second-order valence-corrected chi connectivity index (χ2v) is 9.40. The van der Waals surface area contributed by atoms with E-state index >= 15 is 0 Å². The van der Waals surface area contributed by atoms with Gasteiger partial charge in [-0.3, -0.25) is 4.79 Å². The Morgan fingerprint density at radius 1 is 1.22 bits per heavy atom. The van der Waals surface area contributed by atoms with Gasteiger partial charge in [-0.05, 0) is 55.8 Å². The van der Waals surface area contributed by atoms with Crippen molar-refractivity contribution < 1.29 is 29.2 Å². The summed E-state index contributed by atoms with van der Waals surface area (Å²) in [5, 5.41) is 21.2. The maximum absolute atomic E-state index is 11.9. The molecule has 0 aromatic heterocycles. The molecule has 0 aromatic carbocycles. The third-order valence-electron chi connectivity index (χ3n) is 8.38. The second-order valence-electron chi connectivity index (χ2n) is 9.40. The minimum Gasteiger partial charge on any atom is -0.457 e. The molecule has 154 valence electrons. The number of aliphatic hydroxyl groups excluding tert-OH is 2. The van der Waals surface area contributed by atoms with Crippen molar-refractivity contribution in [2.45, 2.75) is 88.8 Å². The lowest BCUT2D eigenvalue weighted by Crippen LogP contribution is -2.65. The Balaban J connectivity index is 1.62. The van der Waals surface area contributed by atoms with Crippen molar-refractivity contribution in [3.8, 4) is 0 Å². The Kier molecular flexibility index (Phi) is 5.07. The molecule has 4 aliphatic rings. The number of fused-ring (bicyclic) bond motifs is 5. The quantitative estimate of drug-likeness (QED) is 0.727. The molecule has 0 spiro atoms. The van der Waals surface area contributed by atoms with Crippen LogP contribution in [0.25, 0.3) is 0 Å². The van der Waals surface area contributed by atoms with Gasteiger partial charge < -0.3 is 24.4 Å². The fourth-order valence-corrected chi connectivity index (χ4v) is 6.85. The van der Waals surface area contributed by atoms with Gasteiger partial charge in [-0.2, -0.15) is 0 Å². The Morgan fingerprint density at radius 3 is 2.70 bits per heavy atom. The summed E-state index contributed by atoms with van der Waals surface area (Å²) >= 11 is 0. The fraction of sp³-hybridized carbons (Fsp3) is 0.952. The Morgan fingerprint density at radius 2 is 2.00 bits per heavy atom. The molecule has 6 heteroatoms. The lowest BCUT2D eigenvalue weighted by atomic mass is 9.47. The van der Waals surface area contributed by atoms with Crippen LogP contribution in [0.15, 0.2) is 0 Å². The maximum Gasteiger partial charge on any atom is 0.305 e. The van der Waals surface area contributed by atoms with E-state index in [1.54, 1.807) is 14.0 Å². The van der Waals surface area contributed by atoms with Gasteiger partial charge in [-0.15, -0.1) is 0 Å². The van der Waals surface area contributed by atoms with E-state index < -0.39 is 17.8 Å². The van der Waals surface area contributed by atoms with Crippen LogP contribution in [0.5, 0.6) is 0 Å². The molecule has 0 amide bonds. The van der Waals surface area contributed by atoms with Gasteiger partial charge in [0.15, 0.2) is 6.10 Å². The van der Waals surface area contributed by atoms with Crippen LogP contribution >= 0.6 is 0 Å². The van der Waals surface area contributed by atoms with Gasteiger partial charge in [0.1, 0.15) is 5.60 Å². The van der Waals surface area contributed by atoms with Crippen LogP contribution in [0.2, 0.25) is 0 Å². The molecule has 6 nitrogen and oxygen atoms in total. The third kappa shape index (κ3) is 2.86. The molecule has 4 rings (SSSR count). The van der Waals surface area contributed by atoms with Crippen LogP contribution in [0.4, 0.5) is 0 Å². The molecule has 2 N–H and O–H groups in total. The first-order valence-corrected chi connectivity index (χ1v) is 10.6. The molecule has 3 saturated carbocycles. The first kappa shape index (κ1) is 19.6. The lowest BCUT2D eigenvalue weighted by molar-refractivity contribution is -0.225. The molecule has 1 saturated heterocycles. The fourth-order valence-electron chi connectivity index (χ4n) is 6.85. The monoisotopic (exact) mass is 382 g/mol. The van der Waals surface area contributed by atoms with E-state index in [0.717, 1.165) is 32.1 Å². The molecule has 3 aliphatic carbocycles. The molecular formula is C21H34O6. The van der Waals surface area contributed by atoms with Gasteiger partial charge >= 0.3 is 5.97 Å². The van der Waals surface area contributed by atoms with E-state index in [0.29, 0.717) is 31.3 Å². The van der Waals surface area contributed by atoms with E-state index in [1.165, 1.54) is 0 Å². The Hall–Kier alpha value is -0.690. The highest BCUT2D eigenvalue weighted by molar-refractivity contribution is 5.69. The zero-order valence-electron chi connectivity index (χ0n) is 16.7. The van der Waals surface area contributed by atoms with Crippen molar-refractivity contribution in [2.24, 2.45) is 23.2 Å². The number of aliphatic hydroxyl groups is 2. The van der Waals surface area contributed by atoms with Gasteiger partial charge in [0.2, 0.25) is 0 Å². The normalized spacial score (nSPS) is 51.8. The molecule has 4 fully saturated rings. The topological polar surface area (TPSA) is 85.2 Å². The summed E-state index contributed by atoms with van der Waals surface area (Å²) in [4.78, 5) is 11.9. The Bertz CT molecular complexity index is 581. The number of ether oxygens (including phenoxy) is 3. The lowest BCUT2D eigenvalue weighted by Gasteiger charge is -2.61. The average Bonchev–Trinajstić information content (AvgIpc) is 3.02. The van der Waals surface area contributed by atoms with Crippen LogP contribution in [0, 0.1) is 23.2 Å². The van der Waals surface area contributed by atoms with Crippen LogP contribution in [0.1, 0.15) is 58.8 Å². The number of hydrogen-bond acceptors (Lipinski definition) is 6. The molecule has 0 bridgehead atoms. The van der Waals surface area contributed by atoms with Crippen LogP contribution in [-0.2, 0) is 19.0 Å². The van der Waals surface area contributed by atoms with Crippen LogP contribution in [-0.4, -0.2) is 59.9 Å². The molecule has 9 atom stereocenters. The predicted octanol–water partition coefficient (Wildman–Crippen LogP) is 2.05. The van der Waals surface area contributed by atoms with E-state index in [9.17, 15) is 15.0 Å². The van der Waals surface area contributed by atoms with Crippen molar-refractivity contribution in [1.82, 2.24) is 0 Å². The second kappa shape index (κ2) is 6.97. The molecule has 0 radical (unpaired) electrons. The number of methoxy groups -OCH3 is 1. The third-order valence-corrected chi connectivity index (χ3v) is 8.38. The standard InChI is InChI=1S/C21H34O6/c1-4-17(24)27-16-11-26-19-18-14(6-8-21(16,19)25-3)20(2)7-5-13(22)9-12(20)10-15(18)23/h12-16,18-19,22-23H,4-11H2,1-3H3/t12?,13-,14?,15?,16-,18?,19?,20-,21-/m0/s1. The van der Waals surface area contributed by atoms with Crippen LogP contribution in [0.3, 0.4) is 0 Å². The van der Waals surface area contributed by atoms with Gasteiger partial charge in [-0.25, -0.2) is 0 Å². The van der Waals surface area contributed by atoms with E-state index in [-0.39, 0.29) is 29.5 Å². The van der Waals surface area contributed by atoms with Gasteiger partial charge in [0.25, 0.3) is 0 Å². The highest BCUT2D eigenvalue weighted by Gasteiger charge is 2.66. The van der Waals surface area contributed by atoms with Crippen molar-refractivity contribution in [1.29, 1.82) is 0 Å². The smallest absolute Gasteiger partial charge is 0.305 e. The van der Waals surface area contributed by atoms with E-state index in [2.05, 4.69) is 6.92 Å². The summed E-state index contributed by atoms with van der Waals surface area (Å²) in [6.45, 7) is 4.46. The summed E-state index contributed by atoms with van der Waals surface area (Å²) in [6.07, 6.45) is 3.97. The molecule has 1 heterocycles. The summed E-state index contributed by atoms with van der Waals surface area (Å²) in [5.74, 6) is 0.441. The Labute approximate surface area is 161 Å². The van der Waals surface area contributed by atoms with E-state index in [4.69, 9.17) is 14.2 Å². The summed E-state index contributed by atoms with van der Waals surface area (Å²) in [6, 6.07) is 0. The van der Waals surface area contributed by atoms with Crippen molar-refractivity contribution >= 4 is 5.97 Å². The summed E-state index contributed by atoms with van der Waals surface area (Å²) < 4.78 is 17.9. The minimum absolute atomic E-state index is 0.0134. The molecule has 1 aliphatic heterocycles. The minimum atomic E-state index is -0.662. The number of rotatable bonds is 3. The maximum atomic E-state index is 11.9. The van der Waals surface area contributed by atoms with Gasteiger partial charge in [0.05, 0.1) is 24.9 Å². The van der Waals surface area contributed by atoms with Gasteiger partial charge in [0, 0.05) is 19.4 Å². The highest BCUT2D eigenvalue weighted by Crippen LogP contribution is 2.62. The summed E-state index contributed by atoms with van der Waals surface area (Å²) in [7, 11) is 1.67. The first-order chi connectivity index (χ1) is 12.9. The van der Waals surface area contributed by atoms with Crippen molar-refractivity contribution in [3.05, 3.63) is 0 Å². The molecule has 27 heavy (non-hydrogen) atoms. The number of hydrogen-bond donors (Lipinski definition) is 2. The molecule has 0 aromatic rings. The highest BCUT2D eigenvalue weighted by atomic mass is 16.6. The van der Waals surface area contributed by atoms with Gasteiger partial charge in [-0.1, -0.05) is 13.8 Å². The predicted molar refractivity (Wildman–Crippen MR) is 97.9 cm³/mol. The number of carbonyl (C=O) groups excluding carboxylic acids is 1.